The van der Waals surface area contributed by atoms with Gasteiger partial charge in [0.25, 0.3) is 0 Å². The molecule has 1 heterocycles. The Hall–Kier alpha value is -0.330. The predicted octanol–water partition coefficient (Wildman–Crippen LogP) is 3.19. The Morgan fingerprint density at radius 3 is 2.25 bits per heavy atom. The maximum atomic E-state index is 4.33. The quantitative estimate of drug-likeness (QED) is 0.522. The van der Waals surface area contributed by atoms with Gasteiger partial charge in [0, 0.05) is 6.54 Å². The molecule has 1 heteroatoms. The molecule has 1 aliphatic heterocycles. The summed E-state index contributed by atoms with van der Waals surface area (Å²) in [4.78, 5) is 4.33. The van der Waals surface area contributed by atoms with Crippen LogP contribution in [0.1, 0.15) is 51.4 Å². The van der Waals surface area contributed by atoms with E-state index in [9.17, 15) is 0 Å². The van der Waals surface area contributed by atoms with E-state index in [0.29, 0.717) is 5.41 Å². The minimum absolute atomic E-state index is 0.693. The molecule has 0 bridgehead atoms. The van der Waals surface area contributed by atoms with Crippen molar-refractivity contribution in [3.63, 3.8) is 0 Å². The zero-order valence-electron chi connectivity index (χ0n) is 7.89. The van der Waals surface area contributed by atoms with Gasteiger partial charge in [-0.15, -0.1) is 0 Å². The minimum atomic E-state index is 0.693. The van der Waals surface area contributed by atoms with Crippen LogP contribution in [0.25, 0.3) is 0 Å². The fourth-order valence-electron chi connectivity index (χ4n) is 2.69. The summed E-state index contributed by atoms with van der Waals surface area (Å²) in [6.07, 6.45) is 13.6. The second kappa shape index (κ2) is 3.59. The molecule has 0 N–H and O–H groups in total. The van der Waals surface area contributed by atoms with Crippen molar-refractivity contribution in [2.24, 2.45) is 10.4 Å². The monoisotopic (exact) mass is 165 g/mol. The van der Waals surface area contributed by atoms with Crippen molar-refractivity contribution in [2.45, 2.75) is 51.4 Å². The largest absolute Gasteiger partial charge is 0.297 e. The van der Waals surface area contributed by atoms with Gasteiger partial charge in [-0.1, -0.05) is 25.7 Å². The van der Waals surface area contributed by atoms with Crippen molar-refractivity contribution in [3.05, 3.63) is 0 Å². The number of hydrogen-bond donors (Lipinski definition) is 0. The first-order valence-electron chi connectivity index (χ1n) is 5.40. The first-order valence-corrected chi connectivity index (χ1v) is 5.40. The van der Waals surface area contributed by atoms with E-state index in [1.165, 1.54) is 51.4 Å². The normalized spacial score (nSPS) is 28.7. The molecular weight excluding hydrogens is 146 g/mol. The van der Waals surface area contributed by atoms with E-state index >= 15 is 0 Å². The van der Waals surface area contributed by atoms with E-state index < -0.39 is 0 Å². The van der Waals surface area contributed by atoms with Gasteiger partial charge in [-0.05, 0) is 37.3 Å². The van der Waals surface area contributed by atoms with Gasteiger partial charge < -0.3 is 0 Å². The Bertz CT molecular complexity index is 164. The zero-order valence-corrected chi connectivity index (χ0v) is 7.89. The van der Waals surface area contributed by atoms with Crippen molar-refractivity contribution >= 4 is 6.21 Å². The van der Waals surface area contributed by atoms with Crippen molar-refractivity contribution in [1.82, 2.24) is 0 Å². The zero-order chi connectivity index (χ0) is 8.28. The van der Waals surface area contributed by atoms with Crippen molar-refractivity contribution in [1.29, 1.82) is 0 Å². The summed E-state index contributed by atoms with van der Waals surface area (Å²) >= 11 is 0. The smallest absolute Gasteiger partial charge is 0.0390 e. The highest BCUT2D eigenvalue weighted by atomic mass is 14.7. The number of rotatable bonds is 0. The summed E-state index contributed by atoms with van der Waals surface area (Å²) in [7, 11) is 0. The third-order valence-electron chi connectivity index (χ3n) is 3.59. The predicted molar refractivity (Wildman–Crippen MR) is 52.7 cm³/mol. The van der Waals surface area contributed by atoms with Gasteiger partial charge >= 0.3 is 0 Å². The van der Waals surface area contributed by atoms with Gasteiger partial charge in [0.2, 0.25) is 0 Å². The van der Waals surface area contributed by atoms with Gasteiger partial charge in [0.05, 0.1) is 0 Å². The second-order valence-electron chi connectivity index (χ2n) is 4.46. The summed E-state index contributed by atoms with van der Waals surface area (Å²) in [6.45, 7) is 1.10. The maximum absolute atomic E-state index is 4.33. The highest BCUT2D eigenvalue weighted by Gasteiger charge is 2.30. The molecule has 2 aliphatic rings. The SMILES string of the molecule is C1=NCCC2(C1)CCCCCC2. The number of nitrogens with zero attached hydrogens (tertiary/aromatic N) is 1. The summed E-state index contributed by atoms with van der Waals surface area (Å²) in [5.41, 5.74) is 0.693. The molecule has 12 heavy (non-hydrogen) atoms. The van der Waals surface area contributed by atoms with Crippen LogP contribution in [0.15, 0.2) is 4.99 Å². The van der Waals surface area contributed by atoms with Crippen LogP contribution in [0.4, 0.5) is 0 Å². The molecule has 1 nitrogen and oxygen atoms in total. The van der Waals surface area contributed by atoms with Gasteiger partial charge in [0.1, 0.15) is 0 Å². The molecule has 0 aromatic heterocycles. The molecule has 1 aliphatic carbocycles. The van der Waals surface area contributed by atoms with Crippen molar-refractivity contribution in [3.8, 4) is 0 Å². The highest BCUT2D eigenvalue weighted by molar-refractivity contribution is 5.59. The third-order valence-corrected chi connectivity index (χ3v) is 3.59. The van der Waals surface area contributed by atoms with Gasteiger partial charge in [-0.2, -0.15) is 0 Å². The summed E-state index contributed by atoms with van der Waals surface area (Å²) < 4.78 is 0. The minimum Gasteiger partial charge on any atom is -0.297 e. The lowest BCUT2D eigenvalue weighted by atomic mass is 9.74. The topological polar surface area (TPSA) is 12.4 Å². The third kappa shape index (κ3) is 1.70. The van der Waals surface area contributed by atoms with Crippen LogP contribution >= 0.6 is 0 Å². The lowest BCUT2D eigenvalue weighted by Crippen LogP contribution is -2.24. The fraction of sp³-hybridized carbons (Fsp3) is 0.909. The fourth-order valence-corrected chi connectivity index (χ4v) is 2.69. The van der Waals surface area contributed by atoms with Crippen LogP contribution < -0.4 is 0 Å². The standard InChI is InChI=1S/C11H19N/c1-2-4-6-11(5-3-1)7-9-12-10-8-11/h9H,1-8,10H2. The van der Waals surface area contributed by atoms with Gasteiger partial charge in [0.15, 0.2) is 0 Å². The Balaban J connectivity index is 2.01. The summed E-state index contributed by atoms with van der Waals surface area (Å²) in [6, 6.07) is 0. The molecular formula is C11H19N. The molecule has 2 rings (SSSR count). The van der Waals surface area contributed by atoms with Crippen molar-refractivity contribution < 1.29 is 0 Å². The first-order chi connectivity index (χ1) is 5.91. The molecule has 0 aromatic carbocycles. The van der Waals surface area contributed by atoms with Crippen LogP contribution in [-0.2, 0) is 0 Å². The Morgan fingerprint density at radius 2 is 1.67 bits per heavy atom. The van der Waals surface area contributed by atoms with Crippen LogP contribution in [0, 0.1) is 5.41 Å². The van der Waals surface area contributed by atoms with Crippen LogP contribution in [0.3, 0.4) is 0 Å². The summed E-state index contributed by atoms with van der Waals surface area (Å²) in [5, 5.41) is 0. The van der Waals surface area contributed by atoms with Gasteiger partial charge in [-0.25, -0.2) is 0 Å². The summed E-state index contributed by atoms with van der Waals surface area (Å²) in [5.74, 6) is 0. The van der Waals surface area contributed by atoms with E-state index in [0.717, 1.165) is 6.54 Å². The molecule has 68 valence electrons. The molecule has 0 saturated heterocycles. The lowest BCUT2D eigenvalue weighted by Gasteiger charge is -2.33. The Kier molecular flexibility index (Phi) is 2.48. The number of hydrogen-bond acceptors (Lipinski definition) is 1. The van der Waals surface area contributed by atoms with Crippen LogP contribution in [0.5, 0.6) is 0 Å². The van der Waals surface area contributed by atoms with Crippen molar-refractivity contribution in [2.75, 3.05) is 6.54 Å². The Labute approximate surface area is 75.3 Å². The van der Waals surface area contributed by atoms with Crippen LogP contribution in [0.2, 0.25) is 0 Å². The lowest BCUT2D eigenvalue weighted by molar-refractivity contribution is 0.232. The van der Waals surface area contributed by atoms with E-state index in [4.69, 9.17) is 0 Å². The number of aliphatic imine (C=N–C) groups is 1. The second-order valence-corrected chi connectivity index (χ2v) is 4.46. The average molecular weight is 165 g/mol. The molecule has 1 fully saturated rings. The highest BCUT2D eigenvalue weighted by Crippen LogP contribution is 2.41. The molecule has 1 spiro atoms. The molecule has 1 saturated carbocycles. The molecule has 0 amide bonds. The van der Waals surface area contributed by atoms with E-state index in [2.05, 4.69) is 11.2 Å². The molecule has 0 unspecified atom stereocenters. The Morgan fingerprint density at radius 1 is 0.917 bits per heavy atom. The van der Waals surface area contributed by atoms with E-state index in [-0.39, 0.29) is 0 Å². The van der Waals surface area contributed by atoms with E-state index in [1.807, 2.05) is 0 Å². The average Bonchev–Trinajstić information content (AvgIpc) is 2.33. The molecule has 0 aromatic rings. The first kappa shape index (κ1) is 8.28. The maximum Gasteiger partial charge on any atom is 0.0390 e. The van der Waals surface area contributed by atoms with Crippen LogP contribution in [-0.4, -0.2) is 12.8 Å². The van der Waals surface area contributed by atoms with Gasteiger partial charge in [-0.3, -0.25) is 4.99 Å². The molecule has 0 radical (unpaired) electrons. The van der Waals surface area contributed by atoms with E-state index in [1.54, 1.807) is 0 Å². The molecule has 0 atom stereocenters.